The summed E-state index contributed by atoms with van der Waals surface area (Å²) >= 11 is 0. The van der Waals surface area contributed by atoms with Gasteiger partial charge in [-0.3, -0.25) is 9.59 Å². The Morgan fingerprint density at radius 3 is 2.12 bits per heavy atom. The van der Waals surface area contributed by atoms with Gasteiger partial charge in [-0.1, -0.05) is 12.1 Å². The van der Waals surface area contributed by atoms with Crippen LogP contribution in [0.3, 0.4) is 0 Å². The third-order valence-electron chi connectivity index (χ3n) is 3.12. The zero-order chi connectivity index (χ0) is 17.4. The van der Waals surface area contributed by atoms with Gasteiger partial charge < -0.3 is 20.5 Å². The van der Waals surface area contributed by atoms with Gasteiger partial charge in [0.2, 0.25) is 5.91 Å². The van der Waals surface area contributed by atoms with E-state index < -0.39 is 5.91 Å². The molecule has 0 aliphatic heterocycles. The number of anilines is 1. The van der Waals surface area contributed by atoms with Crippen LogP contribution in [0.15, 0.2) is 48.5 Å². The molecule has 0 fully saturated rings. The second kappa shape index (κ2) is 8.57. The Kier molecular flexibility index (Phi) is 6.19. The number of benzene rings is 2. The van der Waals surface area contributed by atoms with Crippen LogP contribution in [0.5, 0.6) is 11.5 Å². The average molecular weight is 328 g/mol. The van der Waals surface area contributed by atoms with E-state index in [-0.39, 0.29) is 18.9 Å². The molecule has 0 aliphatic carbocycles. The lowest BCUT2D eigenvalue weighted by atomic mass is 10.1. The van der Waals surface area contributed by atoms with Gasteiger partial charge >= 0.3 is 0 Å². The Bertz CT molecular complexity index is 681. The Balaban J connectivity index is 1.86. The molecule has 0 saturated carbocycles. The van der Waals surface area contributed by atoms with Crippen LogP contribution in [0, 0.1) is 0 Å². The van der Waals surface area contributed by atoms with Gasteiger partial charge in [0, 0.05) is 5.69 Å². The first-order valence-electron chi connectivity index (χ1n) is 7.59. The topological polar surface area (TPSA) is 90.7 Å². The number of hydrogen-bond donors (Lipinski definition) is 2. The summed E-state index contributed by atoms with van der Waals surface area (Å²) in [4.78, 5) is 22.7. The Labute approximate surface area is 140 Å². The normalized spacial score (nSPS) is 10.0. The van der Waals surface area contributed by atoms with Crippen molar-refractivity contribution >= 4 is 17.5 Å². The number of carbonyl (C=O) groups is 2. The molecule has 2 rings (SSSR count). The molecule has 0 aromatic heterocycles. The number of rotatable bonds is 8. The number of nitrogens with one attached hydrogen (secondary N) is 1. The van der Waals surface area contributed by atoms with Crippen LogP contribution in [0.2, 0.25) is 0 Å². The SMILES string of the molecule is CCOc1ccc(CC(=O)Nc2ccc(OCC(N)=O)cc2)cc1. The van der Waals surface area contributed by atoms with Gasteiger partial charge in [-0.05, 0) is 48.9 Å². The zero-order valence-corrected chi connectivity index (χ0v) is 13.5. The van der Waals surface area contributed by atoms with Crippen LogP contribution in [0.25, 0.3) is 0 Å². The van der Waals surface area contributed by atoms with Crippen LogP contribution < -0.4 is 20.5 Å². The molecule has 0 atom stereocenters. The third-order valence-corrected chi connectivity index (χ3v) is 3.12. The van der Waals surface area contributed by atoms with Gasteiger partial charge in [0.05, 0.1) is 13.0 Å². The van der Waals surface area contributed by atoms with E-state index in [2.05, 4.69) is 5.32 Å². The van der Waals surface area contributed by atoms with Crippen molar-refractivity contribution in [3.8, 4) is 11.5 Å². The van der Waals surface area contributed by atoms with Crippen LogP contribution in [0.1, 0.15) is 12.5 Å². The quantitative estimate of drug-likeness (QED) is 0.776. The van der Waals surface area contributed by atoms with E-state index in [0.29, 0.717) is 18.0 Å². The maximum Gasteiger partial charge on any atom is 0.255 e. The Hall–Kier alpha value is -3.02. The predicted octanol–water partition coefficient (Wildman–Crippen LogP) is 2.13. The molecule has 6 heteroatoms. The number of primary amides is 1. The molecule has 2 aromatic carbocycles. The van der Waals surface area contributed by atoms with Gasteiger partial charge in [0.25, 0.3) is 5.91 Å². The summed E-state index contributed by atoms with van der Waals surface area (Å²) in [5, 5.41) is 2.80. The maximum absolute atomic E-state index is 12.1. The van der Waals surface area contributed by atoms with Gasteiger partial charge in [-0.2, -0.15) is 0 Å². The first kappa shape index (κ1) is 17.3. The van der Waals surface area contributed by atoms with E-state index in [9.17, 15) is 9.59 Å². The highest BCUT2D eigenvalue weighted by atomic mass is 16.5. The lowest BCUT2D eigenvalue weighted by Crippen LogP contribution is -2.20. The highest BCUT2D eigenvalue weighted by Crippen LogP contribution is 2.17. The van der Waals surface area contributed by atoms with Crippen molar-refractivity contribution < 1.29 is 19.1 Å². The molecular weight excluding hydrogens is 308 g/mol. The fraction of sp³-hybridized carbons (Fsp3) is 0.222. The lowest BCUT2D eigenvalue weighted by Gasteiger charge is -2.08. The zero-order valence-electron chi connectivity index (χ0n) is 13.5. The molecule has 0 spiro atoms. The third kappa shape index (κ3) is 5.64. The van der Waals surface area contributed by atoms with Crippen LogP contribution >= 0.6 is 0 Å². The first-order chi connectivity index (χ1) is 11.6. The van der Waals surface area contributed by atoms with Crippen LogP contribution in [-0.4, -0.2) is 25.0 Å². The molecule has 126 valence electrons. The molecule has 0 bridgehead atoms. The number of hydrogen-bond acceptors (Lipinski definition) is 4. The monoisotopic (exact) mass is 328 g/mol. The number of amides is 2. The minimum Gasteiger partial charge on any atom is -0.494 e. The summed E-state index contributed by atoms with van der Waals surface area (Å²) in [6.07, 6.45) is 0.270. The smallest absolute Gasteiger partial charge is 0.255 e. The number of nitrogens with two attached hydrogens (primary N) is 1. The van der Waals surface area contributed by atoms with Gasteiger partial charge in [-0.15, -0.1) is 0 Å². The summed E-state index contributed by atoms with van der Waals surface area (Å²) < 4.78 is 10.5. The molecule has 0 unspecified atom stereocenters. The van der Waals surface area contributed by atoms with Gasteiger partial charge in [0.15, 0.2) is 6.61 Å². The Morgan fingerprint density at radius 2 is 1.54 bits per heavy atom. The van der Waals surface area contributed by atoms with E-state index in [1.807, 2.05) is 31.2 Å². The molecule has 2 amide bonds. The maximum atomic E-state index is 12.1. The number of carbonyl (C=O) groups excluding carboxylic acids is 2. The van der Waals surface area contributed by atoms with Crippen LogP contribution in [0.4, 0.5) is 5.69 Å². The summed E-state index contributed by atoms with van der Waals surface area (Å²) in [6, 6.07) is 14.1. The summed E-state index contributed by atoms with van der Waals surface area (Å²) in [5.74, 6) is 0.638. The molecule has 0 heterocycles. The largest absolute Gasteiger partial charge is 0.494 e. The molecule has 2 aromatic rings. The summed E-state index contributed by atoms with van der Waals surface area (Å²) in [6.45, 7) is 2.36. The minimum atomic E-state index is -0.539. The molecule has 0 radical (unpaired) electrons. The van der Waals surface area contributed by atoms with Crippen molar-refractivity contribution in [1.29, 1.82) is 0 Å². The van der Waals surface area contributed by atoms with E-state index in [4.69, 9.17) is 15.2 Å². The van der Waals surface area contributed by atoms with E-state index in [0.717, 1.165) is 11.3 Å². The van der Waals surface area contributed by atoms with Crippen molar-refractivity contribution in [2.75, 3.05) is 18.5 Å². The minimum absolute atomic E-state index is 0.120. The number of ether oxygens (including phenoxy) is 2. The standard InChI is InChI=1S/C18H20N2O4/c1-2-23-15-7-3-13(4-8-15)11-18(22)20-14-5-9-16(10-6-14)24-12-17(19)21/h3-10H,2,11-12H2,1H3,(H2,19,21)(H,20,22). The highest BCUT2D eigenvalue weighted by molar-refractivity contribution is 5.92. The molecule has 3 N–H and O–H groups in total. The van der Waals surface area contributed by atoms with Crippen molar-refractivity contribution in [2.24, 2.45) is 5.73 Å². The second-order valence-corrected chi connectivity index (χ2v) is 5.08. The second-order valence-electron chi connectivity index (χ2n) is 5.08. The predicted molar refractivity (Wildman–Crippen MR) is 91.1 cm³/mol. The summed E-state index contributed by atoms with van der Waals surface area (Å²) in [5.41, 5.74) is 6.56. The van der Waals surface area contributed by atoms with Gasteiger partial charge in [-0.25, -0.2) is 0 Å². The molecule has 0 saturated heterocycles. The molecule has 6 nitrogen and oxygen atoms in total. The van der Waals surface area contributed by atoms with E-state index in [1.165, 1.54) is 0 Å². The molecule has 0 aliphatic rings. The van der Waals surface area contributed by atoms with Crippen molar-refractivity contribution in [3.05, 3.63) is 54.1 Å². The summed E-state index contributed by atoms with van der Waals surface area (Å²) in [7, 11) is 0. The average Bonchev–Trinajstić information content (AvgIpc) is 2.56. The fourth-order valence-electron chi connectivity index (χ4n) is 2.05. The fourth-order valence-corrected chi connectivity index (χ4v) is 2.05. The van der Waals surface area contributed by atoms with Gasteiger partial charge in [0.1, 0.15) is 11.5 Å². The molecular formula is C18H20N2O4. The lowest BCUT2D eigenvalue weighted by molar-refractivity contribution is -0.120. The van der Waals surface area contributed by atoms with Crippen LogP contribution in [-0.2, 0) is 16.0 Å². The van der Waals surface area contributed by atoms with E-state index >= 15 is 0 Å². The Morgan fingerprint density at radius 1 is 0.958 bits per heavy atom. The van der Waals surface area contributed by atoms with Crippen molar-refractivity contribution in [1.82, 2.24) is 0 Å². The first-order valence-corrected chi connectivity index (χ1v) is 7.59. The van der Waals surface area contributed by atoms with Crippen molar-refractivity contribution in [2.45, 2.75) is 13.3 Å². The highest BCUT2D eigenvalue weighted by Gasteiger charge is 2.05. The van der Waals surface area contributed by atoms with E-state index in [1.54, 1.807) is 24.3 Å². The van der Waals surface area contributed by atoms with Crippen molar-refractivity contribution in [3.63, 3.8) is 0 Å². The molecule has 24 heavy (non-hydrogen) atoms.